The van der Waals surface area contributed by atoms with Crippen LogP contribution in [-0.2, 0) is 11.2 Å². The van der Waals surface area contributed by atoms with Crippen LogP contribution in [0.5, 0.6) is 0 Å². The predicted molar refractivity (Wildman–Crippen MR) is 46.7 cm³/mol. The molecule has 0 saturated heterocycles. The molecule has 1 rings (SSSR count). The van der Waals surface area contributed by atoms with Crippen LogP contribution in [-0.4, -0.2) is 27.4 Å². The quantitative estimate of drug-likeness (QED) is 0.614. The maximum absolute atomic E-state index is 10.8. The van der Waals surface area contributed by atoms with E-state index in [1.165, 1.54) is 4.68 Å². The second-order valence-electron chi connectivity index (χ2n) is 2.81. The standard InChI is InChI=1S/C7H13N5O/c1-5(7(9)13)12-4-6(2-3-8)10-11-12/h4-5H,2-3,8H2,1H3,(H2,9,13). The van der Waals surface area contributed by atoms with Gasteiger partial charge in [0.1, 0.15) is 6.04 Å². The molecule has 0 aliphatic heterocycles. The molecule has 1 atom stereocenters. The number of carbonyl (C=O) groups is 1. The van der Waals surface area contributed by atoms with Gasteiger partial charge in [-0.1, -0.05) is 5.21 Å². The van der Waals surface area contributed by atoms with Crippen LogP contribution >= 0.6 is 0 Å². The molecule has 6 heteroatoms. The van der Waals surface area contributed by atoms with Crippen LogP contribution in [0.15, 0.2) is 6.20 Å². The lowest BCUT2D eigenvalue weighted by Gasteiger charge is -2.04. The first-order chi connectivity index (χ1) is 6.15. The maximum atomic E-state index is 10.8. The van der Waals surface area contributed by atoms with Crippen molar-refractivity contribution in [1.82, 2.24) is 15.0 Å². The van der Waals surface area contributed by atoms with Crippen molar-refractivity contribution in [2.24, 2.45) is 11.5 Å². The highest BCUT2D eigenvalue weighted by Crippen LogP contribution is 2.03. The molecule has 0 bridgehead atoms. The number of amides is 1. The molecule has 1 aromatic heterocycles. The Morgan fingerprint density at radius 2 is 2.46 bits per heavy atom. The highest BCUT2D eigenvalue weighted by atomic mass is 16.1. The summed E-state index contributed by atoms with van der Waals surface area (Å²) in [6.07, 6.45) is 2.34. The lowest BCUT2D eigenvalue weighted by Crippen LogP contribution is -2.24. The van der Waals surface area contributed by atoms with Crippen molar-refractivity contribution in [2.75, 3.05) is 6.54 Å². The van der Waals surface area contributed by atoms with Gasteiger partial charge in [-0.2, -0.15) is 0 Å². The van der Waals surface area contributed by atoms with Gasteiger partial charge in [0, 0.05) is 12.6 Å². The van der Waals surface area contributed by atoms with E-state index in [2.05, 4.69) is 10.3 Å². The fraction of sp³-hybridized carbons (Fsp3) is 0.571. The van der Waals surface area contributed by atoms with E-state index < -0.39 is 11.9 Å². The van der Waals surface area contributed by atoms with Crippen LogP contribution in [0.3, 0.4) is 0 Å². The minimum Gasteiger partial charge on any atom is -0.368 e. The SMILES string of the molecule is CC(C(N)=O)n1cc(CCN)nn1. The molecule has 0 radical (unpaired) electrons. The summed E-state index contributed by atoms with van der Waals surface area (Å²) in [6.45, 7) is 2.19. The van der Waals surface area contributed by atoms with Crippen LogP contribution in [0.1, 0.15) is 18.7 Å². The van der Waals surface area contributed by atoms with E-state index in [4.69, 9.17) is 11.5 Å². The molecule has 13 heavy (non-hydrogen) atoms. The van der Waals surface area contributed by atoms with E-state index in [0.29, 0.717) is 13.0 Å². The first-order valence-corrected chi connectivity index (χ1v) is 4.05. The van der Waals surface area contributed by atoms with E-state index in [0.717, 1.165) is 5.69 Å². The zero-order valence-corrected chi connectivity index (χ0v) is 7.47. The first kappa shape index (κ1) is 9.66. The molecule has 1 unspecified atom stereocenters. The van der Waals surface area contributed by atoms with Gasteiger partial charge in [0.15, 0.2) is 0 Å². The predicted octanol–water partition coefficient (Wildman–Crippen LogP) is -1.17. The third-order valence-electron chi connectivity index (χ3n) is 1.77. The topological polar surface area (TPSA) is 99.8 Å². The Balaban J connectivity index is 2.73. The average molecular weight is 183 g/mol. The van der Waals surface area contributed by atoms with Crippen molar-refractivity contribution >= 4 is 5.91 Å². The Bertz CT molecular complexity index is 295. The summed E-state index contributed by atoms with van der Waals surface area (Å²) in [5, 5.41) is 7.60. The molecule has 6 nitrogen and oxygen atoms in total. The summed E-state index contributed by atoms with van der Waals surface area (Å²) in [6, 6.07) is -0.459. The van der Waals surface area contributed by atoms with Gasteiger partial charge in [0.25, 0.3) is 0 Å². The summed E-state index contributed by atoms with van der Waals surface area (Å²) in [4.78, 5) is 10.8. The Hall–Kier alpha value is -1.43. The van der Waals surface area contributed by atoms with Crippen molar-refractivity contribution in [3.63, 3.8) is 0 Å². The van der Waals surface area contributed by atoms with Crippen LogP contribution in [0, 0.1) is 0 Å². The van der Waals surface area contributed by atoms with Gasteiger partial charge in [-0.05, 0) is 13.5 Å². The molecule has 1 aromatic rings. The van der Waals surface area contributed by atoms with Gasteiger partial charge >= 0.3 is 0 Å². The number of hydrogen-bond donors (Lipinski definition) is 2. The van der Waals surface area contributed by atoms with Crippen LogP contribution in [0.25, 0.3) is 0 Å². The number of aromatic nitrogens is 3. The largest absolute Gasteiger partial charge is 0.368 e. The average Bonchev–Trinajstić information content (AvgIpc) is 2.52. The van der Waals surface area contributed by atoms with Crippen molar-refractivity contribution in [1.29, 1.82) is 0 Å². The minimum absolute atomic E-state index is 0.427. The molecule has 0 saturated carbocycles. The van der Waals surface area contributed by atoms with Crippen molar-refractivity contribution in [3.8, 4) is 0 Å². The second kappa shape index (κ2) is 3.99. The summed E-state index contributed by atoms with van der Waals surface area (Å²) >= 11 is 0. The third-order valence-corrected chi connectivity index (χ3v) is 1.77. The number of primary amides is 1. The van der Waals surface area contributed by atoms with Gasteiger partial charge in [-0.3, -0.25) is 4.79 Å². The number of hydrogen-bond acceptors (Lipinski definition) is 4. The molecule has 0 aliphatic carbocycles. The van der Waals surface area contributed by atoms with E-state index in [-0.39, 0.29) is 0 Å². The molecule has 72 valence electrons. The van der Waals surface area contributed by atoms with Crippen LogP contribution in [0.4, 0.5) is 0 Å². The van der Waals surface area contributed by atoms with E-state index in [1.807, 2.05) is 0 Å². The molecule has 0 aliphatic rings. The molecule has 1 amide bonds. The fourth-order valence-corrected chi connectivity index (χ4v) is 0.895. The number of nitrogens with zero attached hydrogens (tertiary/aromatic N) is 3. The van der Waals surface area contributed by atoms with E-state index >= 15 is 0 Å². The highest BCUT2D eigenvalue weighted by molar-refractivity contribution is 5.77. The van der Waals surface area contributed by atoms with Crippen molar-refractivity contribution in [2.45, 2.75) is 19.4 Å². The fourth-order valence-electron chi connectivity index (χ4n) is 0.895. The Morgan fingerprint density at radius 3 is 3.00 bits per heavy atom. The molecule has 1 heterocycles. The Labute approximate surface area is 75.9 Å². The zero-order chi connectivity index (χ0) is 9.84. The number of rotatable bonds is 4. The van der Waals surface area contributed by atoms with Gasteiger partial charge in [-0.25, -0.2) is 4.68 Å². The lowest BCUT2D eigenvalue weighted by molar-refractivity contribution is -0.120. The molecule has 0 spiro atoms. The van der Waals surface area contributed by atoms with E-state index in [9.17, 15) is 4.79 Å². The number of carbonyl (C=O) groups excluding carboxylic acids is 1. The van der Waals surface area contributed by atoms with Gasteiger partial charge in [-0.15, -0.1) is 5.10 Å². The lowest BCUT2D eigenvalue weighted by atomic mass is 10.3. The minimum atomic E-state index is -0.459. The summed E-state index contributed by atoms with van der Waals surface area (Å²) in [7, 11) is 0. The van der Waals surface area contributed by atoms with Crippen LogP contribution in [0.2, 0.25) is 0 Å². The van der Waals surface area contributed by atoms with Gasteiger partial charge in [0.05, 0.1) is 5.69 Å². The first-order valence-electron chi connectivity index (χ1n) is 4.05. The smallest absolute Gasteiger partial charge is 0.242 e. The van der Waals surface area contributed by atoms with Gasteiger partial charge < -0.3 is 11.5 Å². The Kier molecular flexibility index (Phi) is 2.97. The highest BCUT2D eigenvalue weighted by Gasteiger charge is 2.12. The van der Waals surface area contributed by atoms with E-state index in [1.54, 1.807) is 13.1 Å². The summed E-state index contributed by atoms with van der Waals surface area (Å²) in [5.74, 6) is -0.427. The monoisotopic (exact) mass is 183 g/mol. The molecular formula is C7H13N5O. The summed E-state index contributed by atoms with van der Waals surface area (Å²) < 4.78 is 1.44. The molecule has 0 fully saturated rings. The molecule has 4 N–H and O–H groups in total. The zero-order valence-electron chi connectivity index (χ0n) is 7.47. The number of nitrogens with two attached hydrogens (primary N) is 2. The van der Waals surface area contributed by atoms with Crippen molar-refractivity contribution < 1.29 is 4.79 Å². The van der Waals surface area contributed by atoms with Crippen LogP contribution < -0.4 is 11.5 Å². The molecular weight excluding hydrogens is 170 g/mol. The third kappa shape index (κ3) is 2.25. The summed E-state index contributed by atoms with van der Waals surface area (Å²) in [5.41, 5.74) is 11.2. The Morgan fingerprint density at radius 1 is 1.77 bits per heavy atom. The van der Waals surface area contributed by atoms with Crippen molar-refractivity contribution in [3.05, 3.63) is 11.9 Å². The molecule has 0 aromatic carbocycles. The maximum Gasteiger partial charge on any atom is 0.242 e. The normalized spacial score (nSPS) is 12.8. The second-order valence-corrected chi connectivity index (χ2v) is 2.81. The van der Waals surface area contributed by atoms with Gasteiger partial charge in [0.2, 0.25) is 5.91 Å².